The topological polar surface area (TPSA) is 129 Å². The molecular weight excluding hydrogens is 785 g/mol. The van der Waals surface area contributed by atoms with E-state index >= 15 is 4.79 Å². The zero-order valence-corrected chi connectivity index (χ0v) is 35.3. The average Bonchev–Trinajstić information content (AvgIpc) is 3.70. The first kappa shape index (κ1) is 42.7. The summed E-state index contributed by atoms with van der Waals surface area (Å²) in [5, 5.41) is 1.10. The van der Waals surface area contributed by atoms with Gasteiger partial charge in [-0.05, 0) is 88.0 Å². The highest BCUT2D eigenvalue weighted by Crippen LogP contribution is 2.38. The number of sulfonamides is 1. The number of benzene rings is 3. The van der Waals surface area contributed by atoms with Crippen LogP contribution in [0.1, 0.15) is 56.7 Å². The minimum atomic E-state index is -4.01. The standard InChI is InChI=1S/C39H51Cl2N5O7S2/c1-6-53-34-27-35(52-4)36(55(50,51)45-19-7-8-20-45)26-33(34)37(42-39(2,3)30-12-16-32(41)17-13-30)46(28-29-10-14-31(40)15-11-29)38(47)44-23-21-43(22-24-44)18-9-25-54(5,48)49/h10-17,26-27H,6-9,18-25,28H2,1-5H3/b42-37-. The lowest BCUT2D eigenvalue weighted by Crippen LogP contribution is -2.54. The number of nitrogens with zero attached hydrogens (tertiary/aromatic N) is 5. The molecule has 12 nitrogen and oxygen atoms in total. The molecule has 0 radical (unpaired) electrons. The van der Waals surface area contributed by atoms with Crippen molar-refractivity contribution in [1.82, 2.24) is 19.0 Å². The Morgan fingerprint density at radius 2 is 1.47 bits per heavy atom. The summed E-state index contributed by atoms with van der Waals surface area (Å²) in [6, 6.07) is 17.2. The number of hydrogen-bond donors (Lipinski definition) is 0. The Bertz CT molecular complexity index is 2050. The Balaban J connectivity index is 1.68. The van der Waals surface area contributed by atoms with Gasteiger partial charge in [-0.1, -0.05) is 47.5 Å². The predicted octanol–water partition coefficient (Wildman–Crippen LogP) is 6.54. The van der Waals surface area contributed by atoms with Gasteiger partial charge in [0.05, 0.1) is 37.1 Å². The molecule has 2 aliphatic heterocycles. The molecule has 300 valence electrons. The largest absolute Gasteiger partial charge is 0.495 e. The van der Waals surface area contributed by atoms with Crippen molar-refractivity contribution in [2.24, 2.45) is 4.99 Å². The Hall–Kier alpha value is -3.40. The number of amides is 2. The summed E-state index contributed by atoms with van der Waals surface area (Å²) in [5.41, 5.74) is 0.941. The van der Waals surface area contributed by atoms with Crippen molar-refractivity contribution in [3.63, 3.8) is 0 Å². The summed E-state index contributed by atoms with van der Waals surface area (Å²) in [6.07, 6.45) is 3.24. The van der Waals surface area contributed by atoms with E-state index in [4.69, 9.17) is 37.7 Å². The van der Waals surface area contributed by atoms with E-state index in [1.807, 2.05) is 45.0 Å². The Kier molecular flexibility index (Phi) is 14.2. The van der Waals surface area contributed by atoms with E-state index in [-0.39, 0.29) is 41.4 Å². The van der Waals surface area contributed by atoms with E-state index in [0.29, 0.717) is 73.6 Å². The van der Waals surface area contributed by atoms with Gasteiger partial charge in [-0.3, -0.25) is 14.8 Å². The number of ether oxygens (including phenoxy) is 2. The van der Waals surface area contributed by atoms with E-state index in [0.717, 1.165) is 24.0 Å². The Morgan fingerprint density at radius 1 is 0.873 bits per heavy atom. The lowest BCUT2D eigenvalue weighted by Gasteiger charge is -2.38. The number of piperazine rings is 1. The molecule has 3 aromatic rings. The molecule has 0 aliphatic carbocycles. The van der Waals surface area contributed by atoms with Gasteiger partial charge in [-0.2, -0.15) is 4.31 Å². The smallest absolute Gasteiger partial charge is 0.326 e. The summed E-state index contributed by atoms with van der Waals surface area (Å²) in [7, 11) is -5.67. The Labute approximate surface area is 336 Å². The quantitative estimate of drug-likeness (QED) is 0.132. The molecule has 2 saturated heterocycles. The van der Waals surface area contributed by atoms with Crippen LogP contribution in [0.5, 0.6) is 11.5 Å². The molecule has 0 N–H and O–H groups in total. The third-order valence-corrected chi connectivity index (χ3v) is 13.3. The second-order valence-electron chi connectivity index (χ2n) is 14.4. The first-order valence-corrected chi connectivity index (χ1v) is 22.7. The van der Waals surface area contributed by atoms with Gasteiger partial charge in [0.25, 0.3) is 0 Å². The maximum Gasteiger partial charge on any atom is 0.326 e. The van der Waals surface area contributed by atoms with Crippen LogP contribution in [-0.4, -0.2) is 119 Å². The van der Waals surface area contributed by atoms with Crippen LogP contribution in [-0.2, 0) is 31.9 Å². The van der Waals surface area contributed by atoms with E-state index in [9.17, 15) is 16.8 Å². The maximum absolute atomic E-state index is 15.0. The van der Waals surface area contributed by atoms with E-state index in [1.54, 1.807) is 40.1 Å². The molecule has 55 heavy (non-hydrogen) atoms. The van der Waals surface area contributed by atoms with E-state index in [2.05, 4.69) is 4.90 Å². The predicted molar refractivity (Wildman–Crippen MR) is 218 cm³/mol. The molecule has 0 aromatic heterocycles. The second kappa shape index (κ2) is 18.2. The van der Waals surface area contributed by atoms with Gasteiger partial charge in [-0.15, -0.1) is 0 Å². The summed E-state index contributed by atoms with van der Waals surface area (Å²) in [5.74, 6) is 0.733. The number of aliphatic imine (C=N–C) groups is 1. The van der Waals surface area contributed by atoms with Crippen LogP contribution in [0.25, 0.3) is 0 Å². The van der Waals surface area contributed by atoms with Gasteiger partial charge in [0.15, 0.2) is 0 Å². The first-order chi connectivity index (χ1) is 26.0. The summed E-state index contributed by atoms with van der Waals surface area (Å²) in [6.45, 7) is 9.24. The van der Waals surface area contributed by atoms with E-state index < -0.39 is 25.4 Å². The van der Waals surface area contributed by atoms with Crippen LogP contribution >= 0.6 is 23.2 Å². The third-order valence-electron chi connectivity index (χ3n) is 9.80. The fourth-order valence-electron chi connectivity index (χ4n) is 6.76. The molecule has 2 fully saturated rings. The van der Waals surface area contributed by atoms with Crippen LogP contribution in [0.4, 0.5) is 4.79 Å². The molecular formula is C39H51Cl2N5O7S2. The van der Waals surface area contributed by atoms with E-state index in [1.165, 1.54) is 23.7 Å². The number of methoxy groups -OCH3 is 1. The zero-order chi connectivity index (χ0) is 40.0. The molecule has 2 aliphatic rings. The van der Waals surface area contributed by atoms with Gasteiger partial charge in [0.1, 0.15) is 32.1 Å². The molecule has 16 heteroatoms. The molecule has 3 aromatic carbocycles. The van der Waals surface area contributed by atoms with Crippen molar-refractivity contribution >= 4 is 54.9 Å². The molecule has 0 atom stereocenters. The number of rotatable bonds is 14. The van der Waals surface area contributed by atoms with Crippen LogP contribution in [0, 0.1) is 0 Å². The molecule has 5 rings (SSSR count). The van der Waals surface area contributed by atoms with Crippen molar-refractivity contribution < 1.29 is 31.1 Å². The fourth-order valence-corrected chi connectivity index (χ4v) is 9.35. The SMILES string of the molecule is CCOc1cc(OC)c(S(=O)(=O)N2CCCC2)cc1/C(=N/C(C)(C)c1ccc(Cl)cc1)N(Cc1ccc(Cl)cc1)C(=O)N1CCN(CCCS(C)(=O)=O)CC1. The van der Waals surface area contributed by atoms with Gasteiger partial charge in [-0.25, -0.2) is 21.6 Å². The van der Waals surface area contributed by atoms with Crippen LogP contribution in [0.3, 0.4) is 0 Å². The monoisotopic (exact) mass is 835 g/mol. The number of carbonyl (C=O) groups excluding carboxylic acids is 1. The lowest BCUT2D eigenvalue weighted by molar-refractivity contribution is 0.125. The van der Waals surface area contributed by atoms with Gasteiger partial charge in [0.2, 0.25) is 10.0 Å². The number of hydrogen-bond acceptors (Lipinski definition) is 9. The lowest BCUT2D eigenvalue weighted by atomic mass is 9.94. The molecule has 0 bridgehead atoms. The van der Waals surface area contributed by atoms with Crippen molar-refractivity contribution in [1.29, 1.82) is 0 Å². The first-order valence-electron chi connectivity index (χ1n) is 18.4. The zero-order valence-electron chi connectivity index (χ0n) is 32.1. The minimum Gasteiger partial charge on any atom is -0.495 e. The molecule has 0 saturated carbocycles. The van der Waals surface area contributed by atoms with Crippen molar-refractivity contribution in [2.45, 2.75) is 57.0 Å². The van der Waals surface area contributed by atoms with Crippen LogP contribution in [0.15, 0.2) is 70.6 Å². The number of halogens is 2. The summed E-state index contributed by atoms with van der Waals surface area (Å²) < 4.78 is 65.3. The Morgan fingerprint density at radius 3 is 2.04 bits per heavy atom. The highest BCUT2D eigenvalue weighted by molar-refractivity contribution is 7.90. The molecule has 2 amide bonds. The maximum atomic E-state index is 15.0. The van der Waals surface area contributed by atoms with Crippen LogP contribution < -0.4 is 9.47 Å². The van der Waals surface area contributed by atoms with Crippen LogP contribution in [0.2, 0.25) is 10.0 Å². The summed E-state index contributed by atoms with van der Waals surface area (Å²) >= 11 is 12.6. The number of carbonyl (C=O) groups is 1. The third kappa shape index (κ3) is 10.9. The normalized spacial score (nSPS) is 16.3. The van der Waals surface area contributed by atoms with Crippen molar-refractivity contribution in [3.8, 4) is 11.5 Å². The second-order valence-corrected chi connectivity index (χ2v) is 19.4. The molecule has 0 spiro atoms. The molecule has 2 heterocycles. The average molecular weight is 837 g/mol. The number of amidine groups is 1. The number of sulfone groups is 1. The van der Waals surface area contributed by atoms with Gasteiger partial charge >= 0.3 is 6.03 Å². The highest BCUT2D eigenvalue weighted by atomic mass is 35.5. The highest BCUT2D eigenvalue weighted by Gasteiger charge is 2.36. The van der Waals surface area contributed by atoms with Crippen molar-refractivity contribution in [3.05, 3.63) is 87.4 Å². The van der Waals surface area contributed by atoms with Crippen molar-refractivity contribution in [2.75, 3.05) is 71.5 Å². The number of urea groups is 1. The summed E-state index contributed by atoms with van der Waals surface area (Å²) in [4.78, 5) is 25.8. The van der Waals surface area contributed by atoms with Gasteiger partial charge < -0.3 is 14.4 Å². The fraction of sp³-hybridized carbons (Fsp3) is 0.487. The van der Waals surface area contributed by atoms with Gasteiger partial charge in [0, 0.05) is 61.6 Å². The molecule has 0 unspecified atom stereocenters. The minimum absolute atomic E-state index is 0.0473.